The summed E-state index contributed by atoms with van der Waals surface area (Å²) in [6, 6.07) is 4.18. The molecule has 0 bridgehead atoms. The maximum Gasteiger partial charge on any atom is 0.213 e. The van der Waals surface area contributed by atoms with E-state index in [9.17, 15) is 0 Å². The van der Waals surface area contributed by atoms with Crippen LogP contribution in [0.25, 0.3) is 20.4 Å². The Bertz CT molecular complexity index is 1040. The molecule has 1 aromatic carbocycles. The highest BCUT2D eigenvalue weighted by atomic mass is 32.1. The highest BCUT2D eigenvalue weighted by Gasteiger charge is 2.16. The molecule has 0 aliphatic carbocycles. The lowest BCUT2D eigenvalue weighted by atomic mass is 10.1. The fraction of sp³-hybridized carbons (Fsp3) is 0.583. The third-order valence-corrected chi connectivity index (χ3v) is 8.23. The summed E-state index contributed by atoms with van der Waals surface area (Å²) >= 11 is 3.17. The molecular formula is C24H32N6O2S2. The zero-order valence-electron chi connectivity index (χ0n) is 20.0. The molecule has 2 saturated heterocycles. The number of aliphatic imine (C=N–C) groups is 2. The van der Waals surface area contributed by atoms with Crippen LogP contribution in [0.5, 0.6) is 0 Å². The van der Waals surface area contributed by atoms with Crippen molar-refractivity contribution >= 4 is 65.2 Å². The molecule has 34 heavy (non-hydrogen) atoms. The van der Waals surface area contributed by atoms with Gasteiger partial charge < -0.3 is 9.47 Å². The lowest BCUT2D eigenvalue weighted by molar-refractivity contribution is 0.240. The predicted octanol–water partition coefficient (Wildman–Crippen LogP) is 5.23. The number of likely N-dealkylation sites (tertiary alicyclic amines) is 2. The summed E-state index contributed by atoms with van der Waals surface area (Å²) in [5.74, 6) is 1.44. The number of methoxy groups -OCH3 is 2. The van der Waals surface area contributed by atoms with Crippen molar-refractivity contribution in [3.8, 4) is 0 Å². The summed E-state index contributed by atoms with van der Waals surface area (Å²) in [6.45, 7) is 5.92. The van der Waals surface area contributed by atoms with E-state index >= 15 is 0 Å². The molecule has 3 aromatic rings. The lowest BCUT2D eigenvalue weighted by Crippen LogP contribution is -2.34. The van der Waals surface area contributed by atoms with E-state index in [4.69, 9.17) is 29.4 Å². The maximum atomic E-state index is 5.57. The van der Waals surface area contributed by atoms with Crippen molar-refractivity contribution in [1.29, 1.82) is 0 Å². The molecule has 2 aliphatic heterocycles. The summed E-state index contributed by atoms with van der Waals surface area (Å²) in [6.07, 6.45) is 7.63. The van der Waals surface area contributed by atoms with Crippen molar-refractivity contribution in [2.75, 3.05) is 53.5 Å². The van der Waals surface area contributed by atoms with Gasteiger partial charge in [0, 0.05) is 0 Å². The molecule has 2 fully saturated rings. The molecule has 0 spiro atoms. The third kappa shape index (κ3) is 5.73. The number of nitrogens with zero attached hydrogens (tertiary/aromatic N) is 6. The van der Waals surface area contributed by atoms with Crippen molar-refractivity contribution in [2.24, 2.45) is 9.98 Å². The largest absolute Gasteiger partial charge is 0.483 e. The van der Waals surface area contributed by atoms with Gasteiger partial charge in [-0.2, -0.15) is 9.98 Å². The Balaban J connectivity index is 1.34. The maximum absolute atomic E-state index is 5.57. The van der Waals surface area contributed by atoms with Gasteiger partial charge in [0.05, 0.1) is 47.7 Å². The average Bonchev–Trinajstić information content (AvgIpc) is 3.44. The Labute approximate surface area is 208 Å². The molecule has 2 aliphatic rings. The standard InChI is InChI=1S/C24H32N6O2S2/c1-31-21(15-29-9-5-3-6-10-29)27-23-25-17-13-18-20(14-19(17)33-23)34-24(26-18)28-22(32-2)16-30-11-7-4-8-12-30/h13-14H,3-12,15-16H2,1-2H3. The number of hydrogen-bond acceptors (Lipinski definition) is 10. The first kappa shape index (κ1) is 23.6. The fourth-order valence-corrected chi connectivity index (χ4v) is 6.37. The number of hydrogen-bond donors (Lipinski definition) is 0. The molecule has 0 saturated carbocycles. The Morgan fingerprint density at radius 1 is 0.735 bits per heavy atom. The van der Waals surface area contributed by atoms with Crippen molar-refractivity contribution in [2.45, 2.75) is 38.5 Å². The van der Waals surface area contributed by atoms with Crippen molar-refractivity contribution in [3.05, 3.63) is 12.1 Å². The van der Waals surface area contributed by atoms with Crippen LogP contribution >= 0.6 is 22.7 Å². The van der Waals surface area contributed by atoms with Crippen LogP contribution < -0.4 is 0 Å². The van der Waals surface area contributed by atoms with Crippen LogP contribution in [0.15, 0.2) is 22.1 Å². The number of ether oxygens (including phenoxy) is 2. The molecule has 0 atom stereocenters. The molecule has 2 aromatic heterocycles. The molecule has 0 N–H and O–H groups in total. The van der Waals surface area contributed by atoms with Gasteiger partial charge in [0.1, 0.15) is 0 Å². The van der Waals surface area contributed by atoms with E-state index < -0.39 is 0 Å². The Kier molecular flexibility index (Phi) is 7.68. The summed E-state index contributed by atoms with van der Waals surface area (Å²) < 4.78 is 13.3. The van der Waals surface area contributed by atoms with Gasteiger partial charge in [-0.3, -0.25) is 9.80 Å². The summed E-state index contributed by atoms with van der Waals surface area (Å²) in [7, 11) is 3.38. The molecule has 10 heteroatoms. The second kappa shape index (κ2) is 11.1. The van der Waals surface area contributed by atoms with Crippen LogP contribution in [0.2, 0.25) is 0 Å². The second-order valence-corrected chi connectivity index (χ2v) is 10.9. The lowest BCUT2D eigenvalue weighted by Gasteiger charge is -2.26. The first-order valence-electron chi connectivity index (χ1n) is 12.1. The highest BCUT2D eigenvalue weighted by Crippen LogP contribution is 2.36. The van der Waals surface area contributed by atoms with Crippen LogP contribution in [0.1, 0.15) is 38.5 Å². The van der Waals surface area contributed by atoms with Gasteiger partial charge >= 0.3 is 0 Å². The normalized spacial score (nSPS) is 19.2. The van der Waals surface area contributed by atoms with Gasteiger partial charge in [-0.25, -0.2) is 9.97 Å². The monoisotopic (exact) mass is 500 g/mol. The van der Waals surface area contributed by atoms with E-state index in [-0.39, 0.29) is 0 Å². The summed E-state index contributed by atoms with van der Waals surface area (Å²) in [5, 5.41) is 1.45. The zero-order valence-corrected chi connectivity index (χ0v) is 21.6. The number of fused-ring (bicyclic) bond motifs is 2. The summed E-state index contributed by atoms with van der Waals surface area (Å²) in [4.78, 5) is 23.7. The number of rotatable bonds is 6. The van der Waals surface area contributed by atoms with Crippen molar-refractivity contribution in [1.82, 2.24) is 19.8 Å². The molecule has 182 valence electrons. The minimum Gasteiger partial charge on any atom is -0.483 e. The van der Waals surface area contributed by atoms with Gasteiger partial charge in [0.2, 0.25) is 22.1 Å². The summed E-state index contributed by atoms with van der Waals surface area (Å²) in [5.41, 5.74) is 1.82. The fourth-order valence-electron chi connectivity index (χ4n) is 4.54. The van der Waals surface area contributed by atoms with Crippen LogP contribution in [0.4, 0.5) is 10.3 Å². The predicted molar refractivity (Wildman–Crippen MR) is 142 cm³/mol. The first-order valence-corrected chi connectivity index (χ1v) is 13.7. The number of piperidine rings is 2. The van der Waals surface area contributed by atoms with E-state index in [0.717, 1.165) is 81.8 Å². The minimum absolute atomic E-state index is 0.721. The van der Waals surface area contributed by atoms with Crippen LogP contribution in [0.3, 0.4) is 0 Å². The van der Waals surface area contributed by atoms with Crippen LogP contribution in [-0.2, 0) is 9.47 Å². The number of aromatic nitrogens is 2. The Hall–Kier alpha value is -2.14. The second-order valence-electron chi connectivity index (χ2n) is 8.87. The van der Waals surface area contributed by atoms with Gasteiger partial charge in [-0.05, 0) is 64.0 Å². The van der Waals surface area contributed by atoms with E-state index in [1.807, 2.05) is 6.07 Å². The van der Waals surface area contributed by atoms with E-state index in [2.05, 4.69) is 15.9 Å². The number of thiazole rings is 2. The molecule has 4 heterocycles. The average molecular weight is 501 g/mol. The number of benzene rings is 1. The molecule has 8 nitrogen and oxygen atoms in total. The minimum atomic E-state index is 0.721. The topological polar surface area (TPSA) is 75.4 Å². The van der Waals surface area contributed by atoms with Crippen LogP contribution in [-0.4, -0.2) is 85.1 Å². The molecule has 0 unspecified atom stereocenters. The highest BCUT2D eigenvalue weighted by molar-refractivity contribution is 7.24. The SMILES string of the molecule is COC(CN1CCCCC1)=Nc1nc2cc3nc(N=C(CN4CCCCC4)OC)sc3cc2s1. The van der Waals surface area contributed by atoms with Gasteiger partial charge in [-0.15, -0.1) is 0 Å². The molecule has 0 amide bonds. The quantitative estimate of drug-likeness (QED) is 0.341. The van der Waals surface area contributed by atoms with Gasteiger partial charge in [0.25, 0.3) is 0 Å². The third-order valence-electron chi connectivity index (χ3n) is 6.40. The first-order chi connectivity index (χ1) is 16.7. The van der Waals surface area contributed by atoms with E-state index in [0.29, 0.717) is 0 Å². The Morgan fingerprint density at radius 2 is 1.18 bits per heavy atom. The van der Waals surface area contributed by atoms with Gasteiger partial charge in [-0.1, -0.05) is 35.5 Å². The van der Waals surface area contributed by atoms with Crippen molar-refractivity contribution in [3.63, 3.8) is 0 Å². The van der Waals surface area contributed by atoms with E-state index in [1.54, 1.807) is 36.9 Å². The zero-order chi connectivity index (χ0) is 23.3. The Morgan fingerprint density at radius 3 is 1.59 bits per heavy atom. The smallest absolute Gasteiger partial charge is 0.213 e. The van der Waals surface area contributed by atoms with Gasteiger partial charge in [0.15, 0.2) is 0 Å². The van der Waals surface area contributed by atoms with E-state index in [1.165, 1.54) is 38.5 Å². The van der Waals surface area contributed by atoms with Crippen molar-refractivity contribution < 1.29 is 9.47 Å². The van der Waals surface area contributed by atoms with Crippen LogP contribution in [0, 0.1) is 0 Å². The molecule has 0 radical (unpaired) electrons. The molecule has 5 rings (SSSR count). The molecular weight excluding hydrogens is 468 g/mol.